The van der Waals surface area contributed by atoms with Gasteiger partial charge in [0.05, 0.1) is 22.8 Å². The quantitative estimate of drug-likeness (QED) is 0.366. The number of nitrogens with zero attached hydrogens (tertiary/aromatic N) is 2. The molecule has 0 saturated heterocycles. The summed E-state index contributed by atoms with van der Waals surface area (Å²) >= 11 is 0. The van der Waals surface area contributed by atoms with Gasteiger partial charge in [0.25, 0.3) is 0 Å². The Morgan fingerprint density at radius 3 is 1.11 bits per heavy atom. The minimum atomic E-state index is 0. The number of hydrogen-bond donors (Lipinski definition) is 0. The van der Waals surface area contributed by atoms with Crippen molar-refractivity contribution in [3.63, 3.8) is 0 Å². The molecule has 2 aromatic heterocycles. The molecule has 4 saturated carbocycles. The van der Waals surface area contributed by atoms with Crippen molar-refractivity contribution >= 4 is 12.2 Å². The van der Waals surface area contributed by atoms with Crippen LogP contribution in [0.3, 0.4) is 0 Å². The van der Waals surface area contributed by atoms with E-state index in [1.165, 1.54) is 23.7 Å². The maximum absolute atomic E-state index is 4.96. The van der Waals surface area contributed by atoms with E-state index >= 15 is 0 Å². The zero-order chi connectivity index (χ0) is 24.2. The first-order valence-electron chi connectivity index (χ1n) is 12.1. The van der Waals surface area contributed by atoms with E-state index in [1.54, 1.807) is 0 Å². The molecule has 0 spiro atoms. The fourth-order valence-corrected chi connectivity index (χ4v) is 4.52. The first-order chi connectivity index (χ1) is 17.9. The third kappa shape index (κ3) is 6.75. The van der Waals surface area contributed by atoms with E-state index in [4.69, 9.17) is 9.97 Å². The van der Waals surface area contributed by atoms with E-state index in [0.717, 1.165) is 33.9 Å². The van der Waals surface area contributed by atoms with Crippen LogP contribution in [0.5, 0.6) is 0 Å². The summed E-state index contributed by atoms with van der Waals surface area (Å²) < 4.78 is 0. The predicted molar refractivity (Wildman–Crippen MR) is 146 cm³/mol. The Morgan fingerprint density at radius 2 is 0.737 bits per heavy atom. The van der Waals surface area contributed by atoms with Crippen molar-refractivity contribution in [3.05, 3.63) is 185 Å². The Labute approximate surface area is 251 Å². The molecule has 2 heterocycles. The van der Waals surface area contributed by atoms with Crippen LogP contribution in [0.15, 0.2) is 36.4 Å². The maximum Gasteiger partial charge on any atom is 2.00 e. The number of hydrogen-bond acceptors (Lipinski definition) is 2. The zero-order valence-corrected chi connectivity index (χ0v) is 22.7. The molecule has 6 aliphatic carbocycles. The van der Waals surface area contributed by atoms with Crippen molar-refractivity contribution in [2.45, 2.75) is 0 Å². The van der Waals surface area contributed by atoms with Gasteiger partial charge in [0, 0.05) is 23.7 Å². The molecule has 20 radical (unpaired) electrons. The molecule has 0 atom stereocenters. The Balaban J connectivity index is 0.000000237. The van der Waals surface area contributed by atoms with Gasteiger partial charge in [-0.3, -0.25) is 0 Å². The van der Waals surface area contributed by atoms with E-state index in [-0.39, 0.29) is 34.1 Å². The van der Waals surface area contributed by atoms with Gasteiger partial charge in [-0.05, 0) is 126 Å². The molecular weight excluding hydrogens is 548 g/mol. The molecule has 8 rings (SSSR count). The smallest absolute Gasteiger partial charge is 0.250 e. The number of pyridine rings is 2. The van der Waals surface area contributed by atoms with Gasteiger partial charge in [0.15, 0.2) is 0 Å². The molecule has 4 heteroatoms. The van der Waals surface area contributed by atoms with Gasteiger partial charge in [0.2, 0.25) is 0 Å². The van der Waals surface area contributed by atoms with Crippen LogP contribution >= 0.6 is 0 Å². The minimum absolute atomic E-state index is 0. The normalized spacial score (nSPS) is 21.6. The Morgan fingerprint density at radius 1 is 0.368 bits per heavy atom. The molecule has 182 valence electrons. The Hall–Kier alpha value is -1.18. The number of rotatable bonds is 1. The number of fused-ring (bicyclic) bond motifs is 6. The predicted octanol–water partition coefficient (Wildman–Crippen LogP) is 6.48. The summed E-state index contributed by atoms with van der Waals surface area (Å²) in [7, 11) is 0. The van der Waals surface area contributed by atoms with Gasteiger partial charge in [-0.2, -0.15) is 0 Å². The molecule has 0 N–H and O–H groups in total. The number of aromatic nitrogens is 2. The van der Waals surface area contributed by atoms with Crippen LogP contribution in [-0.2, 0) is 34.1 Å². The summed E-state index contributed by atoms with van der Waals surface area (Å²) in [6.07, 6.45) is 41.3. The molecular formula is C34H24Fe2N2+4. The molecule has 4 fully saturated rings. The van der Waals surface area contributed by atoms with E-state index in [9.17, 15) is 0 Å². The second-order valence-electron chi connectivity index (χ2n) is 8.65. The largest absolute Gasteiger partial charge is 2.00 e. The first-order valence-corrected chi connectivity index (χ1v) is 12.1. The van der Waals surface area contributed by atoms with Gasteiger partial charge in [-0.25, -0.2) is 9.97 Å². The van der Waals surface area contributed by atoms with Crippen LogP contribution in [0, 0.1) is 126 Å². The molecule has 0 aromatic carbocycles. The molecule has 38 heavy (non-hydrogen) atoms. The van der Waals surface area contributed by atoms with Crippen LogP contribution in [0.4, 0.5) is 0 Å². The standard InChI is InChI=1S/C24H14N2.2C5H5.2Fe/c1-3-15-7-9-17-11-13-21(25-23(17)19(15)5-1)22-14-12-18-10-8-16-4-2-6-20(16)24(18)26-22;2*1-2-4-5-3-1;;/h1-14H;2*1-5H;;/q;;;2*+2. The molecule has 0 aliphatic heterocycles. The summed E-state index contributed by atoms with van der Waals surface area (Å²) in [4.78, 5) is 9.92. The van der Waals surface area contributed by atoms with Crippen LogP contribution < -0.4 is 0 Å². The van der Waals surface area contributed by atoms with Gasteiger partial charge in [-0.1, -0.05) is 36.4 Å². The van der Waals surface area contributed by atoms with Crippen molar-refractivity contribution < 1.29 is 34.1 Å². The van der Waals surface area contributed by atoms with Crippen LogP contribution in [-0.4, -0.2) is 9.97 Å². The average molecular weight is 572 g/mol. The average Bonchev–Trinajstić information content (AvgIpc) is 3.75. The fraction of sp³-hybridized carbons (Fsp3) is 0. The first kappa shape index (κ1) is 29.8. The van der Waals surface area contributed by atoms with E-state index in [1.807, 2.05) is 64.2 Å². The maximum atomic E-state index is 4.96. The summed E-state index contributed by atoms with van der Waals surface area (Å²) in [6, 6.07) is 8.41. The third-order valence-electron chi connectivity index (χ3n) is 6.32. The van der Waals surface area contributed by atoms with E-state index in [0.29, 0.717) is 0 Å². The van der Waals surface area contributed by atoms with Crippen molar-refractivity contribution in [2.24, 2.45) is 0 Å². The van der Waals surface area contributed by atoms with Crippen LogP contribution in [0.25, 0.3) is 23.5 Å². The topological polar surface area (TPSA) is 25.8 Å². The molecule has 0 unspecified atom stereocenters. The van der Waals surface area contributed by atoms with Crippen molar-refractivity contribution in [3.8, 4) is 11.4 Å². The van der Waals surface area contributed by atoms with Crippen molar-refractivity contribution in [1.82, 2.24) is 9.97 Å². The second-order valence-corrected chi connectivity index (χ2v) is 8.65. The molecule has 2 aromatic rings. The molecule has 6 aliphatic rings. The molecule has 0 amide bonds. The van der Waals surface area contributed by atoms with E-state index < -0.39 is 0 Å². The van der Waals surface area contributed by atoms with Crippen LogP contribution in [0.1, 0.15) is 22.5 Å². The Kier molecular flexibility index (Phi) is 11.3. The van der Waals surface area contributed by atoms with Crippen molar-refractivity contribution in [1.29, 1.82) is 0 Å². The second kappa shape index (κ2) is 14.5. The fourth-order valence-electron chi connectivity index (χ4n) is 4.52. The SMILES string of the molecule is [CH]1[CH][CH][CH][CH]1.[CH]1[CH][CH][CH][CH]1.[CH]1[CH][C]2C=Cc3ccc(-c4ccc5c(n4)[C]4[CH][CH][CH][C]4C=C5)nc3[C]2[CH]1.[Fe+2].[Fe+2]. The Bertz CT molecular complexity index is 997. The summed E-state index contributed by atoms with van der Waals surface area (Å²) in [6.45, 7) is 0. The molecule has 2 nitrogen and oxygen atoms in total. The third-order valence-corrected chi connectivity index (χ3v) is 6.32. The summed E-state index contributed by atoms with van der Waals surface area (Å²) in [5, 5.41) is 0. The zero-order valence-electron chi connectivity index (χ0n) is 20.5. The number of allylic oxidation sites excluding steroid dienone is 2. The van der Waals surface area contributed by atoms with Gasteiger partial charge >= 0.3 is 34.1 Å². The summed E-state index contributed by atoms with van der Waals surface area (Å²) in [5.74, 6) is 4.85. The van der Waals surface area contributed by atoms with Gasteiger partial charge in [-0.15, -0.1) is 0 Å². The summed E-state index contributed by atoms with van der Waals surface area (Å²) in [5.41, 5.74) is 6.23. The monoisotopic (exact) mass is 572 g/mol. The molecule has 0 bridgehead atoms. The van der Waals surface area contributed by atoms with Crippen molar-refractivity contribution in [2.75, 3.05) is 0 Å². The minimum Gasteiger partial charge on any atom is -0.250 e. The van der Waals surface area contributed by atoms with Gasteiger partial charge in [0.1, 0.15) is 0 Å². The van der Waals surface area contributed by atoms with E-state index in [2.05, 4.69) is 87.1 Å². The van der Waals surface area contributed by atoms with Crippen LogP contribution in [0.2, 0.25) is 0 Å². The van der Waals surface area contributed by atoms with Gasteiger partial charge < -0.3 is 0 Å².